The number of fused-ring (bicyclic) bond motifs is 1. The van der Waals surface area contributed by atoms with Crippen LogP contribution in [0.15, 0.2) is 64.4 Å². The molecule has 0 radical (unpaired) electrons. The molecule has 0 aliphatic rings. The van der Waals surface area contributed by atoms with Gasteiger partial charge in [-0.05, 0) is 104 Å². The van der Waals surface area contributed by atoms with Gasteiger partial charge in [0, 0.05) is 47.4 Å². The highest BCUT2D eigenvalue weighted by atomic mass is 32.2. The monoisotopic (exact) mass is 660 g/mol. The molecule has 10 N–H and O–H groups in total. The van der Waals surface area contributed by atoms with E-state index in [0.717, 1.165) is 18.5 Å². The maximum Gasteiger partial charge on any atom is 0.446 e. The number of rotatable bonds is 15. The van der Waals surface area contributed by atoms with Gasteiger partial charge in [-0.1, -0.05) is 12.1 Å². The Balaban J connectivity index is 1.57. The fraction of sp³-hybridized carbons (Fsp3) is 0.387. The van der Waals surface area contributed by atoms with Gasteiger partial charge in [0.05, 0.1) is 11.8 Å². The summed E-state index contributed by atoms with van der Waals surface area (Å²) in [7, 11) is 0. The number of nitrogens with two attached hydrogens (primary N) is 2. The molecule has 4 rings (SSSR count). The Morgan fingerprint density at radius 3 is 2.52 bits per heavy atom. The summed E-state index contributed by atoms with van der Waals surface area (Å²) in [6, 6.07) is 13.1. The van der Waals surface area contributed by atoms with Crippen LogP contribution in [0.5, 0.6) is 0 Å². The third kappa shape index (κ3) is 9.80. The number of hydrogen-bond donors (Lipinski definition) is 8. The minimum Gasteiger partial charge on any atom is -0.396 e. The number of H-pyrrole nitrogens is 1. The van der Waals surface area contributed by atoms with Crippen LogP contribution in [0, 0.1) is 5.41 Å². The smallest absolute Gasteiger partial charge is 0.396 e. The van der Waals surface area contributed by atoms with Gasteiger partial charge in [-0.15, -0.1) is 0 Å². The lowest BCUT2D eigenvalue weighted by molar-refractivity contribution is -0.0328. The fourth-order valence-electron chi connectivity index (χ4n) is 5.02. The van der Waals surface area contributed by atoms with Gasteiger partial charge in [0.15, 0.2) is 5.96 Å². The van der Waals surface area contributed by atoms with Gasteiger partial charge in [0.25, 0.3) is 0 Å². The maximum absolute atomic E-state index is 13.3. The molecule has 0 aliphatic heterocycles. The van der Waals surface area contributed by atoms with E-state index in [4.69, 9.17) is 22.0 Å². The average molecular weight is 661 g/mol. The predicted molar refractivity (Wildman–Crippen MR) is 174 cm³/mol. The van der Waals surface area contributed by atoms with Gasteiger partial charge in [-0.3, -0.25) is 9.98 Å². The Kier molecular flexibility index (Phi) is 11.9. The van der Waals surface area contributed by atoms with Gasteiger partial charge in [-0.2, -0.15) is 18.2 Å². The van der Waals surface area contributed by atoms with Crippen LogP contribution in [0.4, 0.5) is 13.2 Å². The zero-order valence-electron chi connectivity index (χ0n) is 25.3. The standard InChI is InChI=1S/C31H39F3N8O3S/c1-18(38-10-2-11-39-29(36)37)19-3-6-24(7-4-19)42-17-22-16-26(40-28(22)41-30(42)45)20-13-21(15-25(14-20)46-31(32,33)34)27(44)8-5-23(35)9-12-43/h3-4,6-7,13-18,23,27,38,43-44H,2,5,8-12,35H2,1H3,(H4,36,37,39)(H,40,41,45)/t18-,23-,27+/m0/s1. The minimum absolute atomic E-state index is 0.0443. The maximum atomic E-state index is 13.3. The number of thioether (sulfide) groups is 1. The quantitative estimate of drug-likeness (QED) is 0.0402. The molecule has 248 valence electrons. The Morgan fingerprint density at radius 1 is 1.11 bits per heavy atom. The zero-order valence-corrected chi connectivity index (χ0v) is 26.1. The lowest BCUT2D eigenvalue weighted by atomic mass is 9.98. The fourth-order valence-corrected chi connectivity index (χ4v) is 5.67. The summed E-state index contributed by atoms with van der Waals surface area (Å²) in [5.74, 6) is -0.0614. The molecular weight excluding hydrogens is 621 g/mol. The predicted octanol–water partition coefficient (Wildman–Crippen LogP) is 4.04. The number of nitrogens with zero attached hydrogens (tertiary/aromatic N) is 2. The summed E-state index contributed by atoms with van der Waals surface area (Å²) in [6.45, 7) is 3.24. The first-order valence-corrected chi connectivity index (χ1v) is 15.6. The van der Waals surface area contributed by atoms with Crippen molar-refractivity contribution < 1.29 is 23.4 Å². The van der Waals surface area contributed by atoms with Crippen molar-refractivity contribution in [2.24, 2.45) is 11.5 Å². The summed E-state index contributed by atoms with van der Waals surface area (Å²) in [4.78, 5) is 20.1. The van der Waals surface area contributed by atoms with Crippen molar-refractivity contribution in [3.63, 3.8) is 0 Å². The molecule has 0 saturated heterocycles. The molecule has 4 aromatic rings. The number of hydrogen-bond acceptors (Lipinski definition) is 8. The number of aromatic amines is 1. The van der Waals surface area contributed by atoms with Gasteiger partial charge in [0.1, 0.15) is 5.65 Å². The highest BCUT2D eigenvalue weighted by Gasteiger charge is 2.30. The Hall–Kier alpha value is -3.89. The number of aliphatic hydroxyl groups is 2. The van der Waals surface area contributed by atoms with Crippen LogP contribution in [0.25, 0.3) is 28.0 Å². The molecule has 2 aromatic carbocycles. The van der Waals surface area contributed by atoms with Crippen LogP contribution in [-0.4, -0.2) is 62.0 Å². The van der Waals surface area contributed by atoms with Crippen molar-refractivity contribution >= 4 is 28.8 Å². The first-order chi connectivity index (χ1) is 21.8. The summed E-state index contributed by atoms with van der Waals surface area (Å²) in [5, 5.41) is 33.8. The van der Waals surface area contributed by atoms with Crippen LogP contribution in [0.2, 0.25) is 0 Å². The average Bonchev–Trinajstić information content (AvgIpc) is 3.41. The van der Waals surface area contributed by atoms with Crippen molar-refractivity contribution in [1.82, 2.24) is 25.2 Å². The molecule has 46 heavy (non-hydrogen) atoms. The molecule has 2 aromatic heterocycles. The number of aliphatic hydroxyl groups excluding tert-OH is 2. The largest absolute Gasteiger partial charge is 0.446 e. The first-order valence-electron chi connectivity index (χ1n) is 14.8. The molecule has 2 heterocycles. The third-order valence-electron chi connectivity index (χ3n) is 7.47. The van der Waals surface area contributed by atoms with E-state index in [0.29, 0.717) is 47.3 Å². The van der Waals surface area contributed by atoms with Crippen LogP contribution in [0.3, 0.4) is 0 Å². The van der Waals surface area contributed by atoms with E-state index in [9.17, 15) is 23.1 Å². The summed E-state index contributed by atoms with van der Waals surface area (Å²) >= 11 is -0.279. The Morgan fingerprint density at radius 2 is 1.85 bits per heavy atom. The number of aromatic nitrogens is 3. The Bertz CT molecular complexity index is 1680. The number of nitrogens with one attached hydrogen (secondary N) is 4. The third-order valence-corrected chi connectivity index (χ3v) is 8.17. The molecule has 0 fully saturated rings. The molecule has 0 bridgehead atoms. The lowest BCUT2D eigenvalue weighted by Crippen LogP contribution is -2.32. The molecule has 0 amide bonds. The van der Waals surface area contributed by atoms with E-state index in [1.165, 1.54) is 16.7 Å². The summed E-state index contributed by atoms with van der Waals surface area (Å²) < 4.78 is 41.4. The number of guanidine groups is 1. The second-order valence-corrected chi connectivity index (χ2v) is 12.2. The van der Waals surface area contributed by atoms with E-state index in [1.54, 1.807) is 18.3 Å². The topological polar surface area (TPSA) is 191 Å². The molecule has 0 saturated carbocycles. The van der Waals surface area contributed by atoms with Gasteiger partial charge < -0.3 is 37.3 Å². The molecule has 3 atom stereocenters. The van der Waals surface area contributed by atoms with Crippen LogP contribution >= 0.6 is 11.8 Å². The van der Waals surface area contributed by atoms with Crippen LogP contribution in [0.1, 0.15) is 55.9 Å². The molecule has 0 spiro atoms. The van der Waals surface area contributed by atoms with E-state index < -0.39 is 17.3 Å². The zero-order chi connectivity index (χ0) is 33.4. The summed E-state index contributed by atoms with van der Waals surface area (Å²) in [6.07, 6.45) is 2.28. The highest BCUT2D eigenvalue weighted by molar-refractivity contribution is 8.00. The van der Waals surface area contributed by atoms with Crippen molar-refractivity contribution in [2.75, 3.05) is 19.7 Å². The second-order valence-electron chi connectivity index (χ2n) is 11.0. The minimum atomic E-state index is -4.54. The molecular formula is C31H39F3N8O3S. The van der Waals surface area contributed by atoms with E-state index in [2.05, 4.69) is 20.6 Å². The molecule has 0 unspecified atom stereocenters. The number of alkyl halides is 3. The van der Waals surface area contributed by atoms with E-state index in [-0.39, 0.29) is 53.4 Å². The lowest BCUT2D eigenvalue weighted by Gasteiger charge is -2.17. The summed E-state index contributed by atoms with van der Waals surface area (Å²) in [5.41, 5.74) is 9.15. The highest BCUT2D eigenvalue weighted by Crippen LogP contribution is 2.40. The second kappa shape index (κ2) is 15.6. The Labute approximate surface area is 268 Å². The molecule has 15 heteroatoms. The number of halogens is 3. The van der Waals surface area contributed by atoms with Crippen LogP contribution < -0.4 is 27.8 Å². The van der Waals surface area contributed by atoms with Crippen molar-refractivity contribution in [3.8, 4) is 16.9 Å². The van der Waals surface area contributed by atoms with Gasteiger partial charge >= 0.3 is 11.2 Å². The first kappa shape index (κ1) is 35.0. The van der Waals surface area contributed by atoms with Gasteiger partial charge in [0.2, 0.25) is 0 Å². The van der Waals surface area contributed by atoms with Crippen molar-refractivity contribution in [1.29, 1.82) is 5.41 Å². The van der Waals surface area contributed by atoms with Gasteiger partial charge in [-0.25, -0.2) is 4.79 Å². The normalized spacial score (nSPS) is 13.9. The number of benzene rings is 2. The van der Waals surface area contributed by atoms with E-state index >= 15 is 0 Å². The van der Waals surface area contributed by atoms with E-state index in [1.807, 2.05) is 31.2 Å². The van der Waals surface area contributed by atoms with Crippen molar-refractivity contribution in [2.45, 2.75) is 61.2 Å². The van der Waals surface area contributed by atoms with Crippen molar-refractivity contribution in [3.05, 3.63) is 76.3 Å². The van der Waals surface area contributed by atoms with Crippen LogP contribution in [-0.2, 0) is 0 Å². The molecule has 0 aliphatic carbocycles. The SMILES string of the molecule is C[C@H](NCCCNC(=N)N)c1ccc(-n2cc3cc(-c4cc(SC(F)(F)F)cc([C@H](O)CC[C@H](N)CCO)c4)[nH]c3nc2=O)cc1. The molecule has 11 nitrogen and oxygen atoms in total.